The van der Waals surface area contributed by atoms with Crippen molar-refractivity contribution in [1.82, 2.24) is 0 Å². The van der Waals surface area contributed by atoms with Crippen molar-refractivity contribution < 1.29 is 14.7 Å². The molecule has 0 aromatic rings. The van der Waals surface area contributed by atoms with Crippen LogP contribution in [-0.4, -0.2) is 22.9 Å². The third-order valence-electron chi connectivity index (χ3n) is 1.90. The first-order chi connectivity index (χ1) is 5.95. The minimum atomic E-state index is -1.00. The highest BCUT2D eigenvalue weighted by molar-refractivity contribution is 5.80. The fourth-order valence-electron chi connectivity index (χ4n) is 0.908. The molecule has 1 atom stereocenters. The molecule has 0 amide bonds. The second-order valence-electron chi connectivity index (χ2n) is 3.46. The number of aliphatic carboxylic acids is 1. The molecule has 0 saturated heterocycles. The molecule has 3 N–H and O–H groups in total. The number of hydrogen-bond donors (Lipinski definition) is 2. The summed E-state index contributed by atoms with van der Waals surface area (Å²) in [6, 6.07) is -0.833. The van der Waals surface area contributed by atoms with Crippen LogP contribution in [0, 0.1) is 5.92 Å². The van der Waals surface area contributed by atoms with Gasteiger partial charge >= 0.3 is 5.97 Å². The number of Topliss-reactive ketones (excluding diaryl/α,β-unsaturated/α-hetero) is 1. The first kappa shape index (κ1) is 12.1. The van der Waals surface area contributed by atoms with E-state index in [1.54, 1.807) is 0 Å². The molecule has 4 nitrogen and oxygen atoms in total. The van der Waals surface area contributed by atoms with Gasteiger partial charge in [-0.05, 0) is 12.8 Å². The first-order valence-electron chi connectivity index (χ1n) is 4.46. The van der Waals surface area contributed by atoms with Crippen LogP contribution >= 0.6 is 0 Å². The van der Waals surface area contributed by atoms with Gasteiger partial charge in [-0.3, -0.25) is 9.59 Å². The van der Waals surface area contributed by atoms with Gasteiger partial charge in [-0.15, -0.1) is 0 Å². The molecule has 0 spiro atoms. The quantitative estimate of drug-likeness (QED) is 0.644. The third-order valence-corrected chi connectivity index (χ3v) is 1.90. The molecule has 0 saturated carbocycles. The van der Waals surface area contributed by atoms with E-state index in [2.05, 4.69) is 0 Å². The van der Waals surface area contributed by atoms with Gasteiger partial charge in [-0.2, -0.15) is 0 Å². The van der Waals surface area contributed by atoms with E-state index in [0.29, 0.717) is 19.3 Å². The van der Waals surface area contributed by atoms with E-state index in [1.165, 1.54) is 0 Å². The van der Waals surface area contributed by atoms with Crippen LogP contribution < -0.4 is 5.73 Å². The average molecular weight is 187 g/mol. The average Bonchev–Trinajstić information content (AvgIpc) is 2.03. The fraction of sp³-hybridized carbons (Fsp3) is 0.778. The SMILES string of the molecule is CC(C)C(=O)CCCC(N)C(=O)O. The van der Waals surface area contributed by atoms with Crippen molar-refractivity contribution in [3.63, 3.8) is 0 Å². The van der Waals surface area contributed by atoms with Crippen molar-refractivity contribution in [2.24, 2.45) is 11.7 Å². The Morgan fingerprint density at radius 1 is 1.38 bits per heavy atom. The van der Waals surface area contributed by atoms with E-state index < -0.39 is 12.0 Å². The molecule has 13 heavy (non-hydrogen) atoms. The van der Waals surface area contributed by atoms with Crippen molar-refractivity contribution in [2.75, 3.05) is 0 Å². The second-order valence-corrected chi connectivity index (χ2v) is 3.46. The highest BCUT2D eigenvalue weighted by Gasteiger charge is 2.12. The van der Waals surface area contributed by atoms with Crippen LogP contribution in [0.4, 0.5) is 0 Å². The third kappa shape index (κ3) is 5.36. The van der Waals surface area contributed by atoms with E-state index in [4.69, 9.17) is 10.8 Å². The van der Waals surface area contributed by atoms with Crippen molar-refractivity contribution >= 4 is 11.8 Å². The topological polar surface area (TPSA) is 80.4 Å². The maximum atomic E-state index is 11.1. The number of nitrogens with two attached hydrogens (primary N) is 1. The van der Waals surface area contributed by atoms with Gasteiger partial charge in [0.1, 0.15) is 11.8 Å². The lowest BCUT2D eigenvalue weighted by Crippen LogP contribution is -2.30. The molecule has 0 fully saturated rings. The lowest BCUT2D eigenvalue weighted by molar-refractivity contribution is -0.138. The Morgan fingerprint density at radius 3 is 2.31 bits per heavy atom. The van der Waals surface area contributed by atoms with Gasteiger partial charge in [0, 0.05) is 12.3 Å². The molecule has 0 radical (unpaired) electrons. The number of carbonyl (C=O) groups is 2. The monoisotopic (exact) mass is 187 g/mol. The molecule has 0 rings (SSSR count). The summed E-state index contributed by atoms with van der Waals surface area (Å²) in [4.78, 5) is 21.4. The van der Waals surface area contributed by atoms with E-state index in [9.17, 15) is 9.59 Å². The summed E-state index contributed by atoms with van der Waals surface area (Å²) in [6.07, 6.45) is 1.36. The normalized spacial score (nSPS) is 12.9. The van der Waals surface area contributed by atoms with Gasteiger partial charge < -0.3 is 10.8 Å². The maximum absolute atomic E-state index is 11.1. The summed E-state index contributed by atoms with van der Waals surface area (Å²) in [6.45, 7) is 3.67. The zero-order valence-corrected chi connectivity index (χ0v) is 8.12. The zero-order valence-electron chi connectivity index (χ0n) is 8.12. The lowest BCUT2D eigenvalue weighted by atomic mass is 10.0. The molecule has 76 valence electrons. The summed E-state index contributed by atoms with van der Waals surface area (Å²) in [5.74, 6) is -0.810. The van der Waals surface area contributed by atoms with Crippen molar-refractivity contribution in [1.29, 1.82) is 0 Å². The molecular weight excluding hydrogens is 170 g/mol. The smallest absolute Gasteiger partial charge is 0.320 e. The number of ketones is 1. The van der Waals surface area contributed by atoms with E-state index >= 15 is 0 Å². The number of carboxylic acid groups (broad SMARTS) is 1. The summed E-state index contributed by atoms with van der Waals surface area (Å²) >= 11 is 0. The molecule has 0 aliphatic carbocycles. The fourth-order valence-corrected chi connectivity index (χ4v) is 0.908. The van der Waals surface area contributed by atoms with Gasteiger partial charge in [0.05, 0.1) is 0 Å². The zero-order chi connectivity index (χ0) is 10.4. The van der Waals surface area contributed by atoms with Crippen LogP contribution in [0.3, 0.4) is 0 Å². The predicted molar refractivity (Wildman–Crippen MR) is 49.3 cm³/mol. The number of carboxylic acids is 1. The van der Waals surface area contributed by atoms with E-state index in [1.807, 2.05) is 13.8 Å². The predicted octanol–water partition coefficient (Wildman–Crippen LogP) is 0.794. The van der Waals surface area contributed by atoms with Gasteiger partial charge in [-0.25, -0.2) is 0 Å². The molecule has 4 heteroatoms. The molecule has 0 aromatic carbocycles. The summed E-state index contributed by atoms with van der Waals surface area (Å²) < 4.78 is 0. The Balaban J connectivity index is 3.56. The lowest BCUT2D eigenvalue weighted by Gasteiger charge is -2.06. The first-order valence-corrected chi connectivity index (χ1v) is 4.46. The maximum Gasteiger partial charge on any atom is 0.320 e. The molecule has 0 aliphatic rings. The Morgan fingerprint density at radius 2 is 1.92 bits per heavy atom. The standard InChI is InChI=1S/C9H17NO3/c1-6(2)8(11)5-3-4-7(10)9(12)13/h6-7H,3-5,10H2,1-2H3,(H,12,13). The molecule has 1 unspecified atom stereocenters. The van der Waals surface area contributed by atoms with Crippen molar-refractivity contribution in [3.05, 3.63) is 0 Å². The summed E-state index contributed by atoms with van der Waals surface area (Å²) in [5, 5.41) is 8.45. The minimum absolute atomic E-state index is 0.0288. The molecule has 0 heterocycles. The molecule has 0 aromatic heterocycles. The van der Waals surface area contributed by atoms with Gasteiger partial charge in [0.15, 0.2) is 0 Å². The Kier molecular flexibility index (Phi) is 5.30. The van der Waals surface area contributed by atoms with Crippen LogP contribution in [-0.2, 0) is 9.59 Å². The van der Waals surface area contributed by atoms with Gasteiger partial charge in [-0.1, -0.05) is 13.8 Å². The summed E-state index contributed by atoms with van der Waals surface area (Å²) in [5.41, 5.74) is 5.27. The Labute approximate surface area is 78.1 Å². The van der Waals surface area contributed by atoms with Gasteiger partial charge in [0.2, 0.25) is 0 Å². The van der Waals surface area contributed by atoms with E-state index in [0.717, 1.165) is 0 Å². The molecule has 0 aliphatic heterocycles. The number of rotatable bonds is 6. The van der Waals surface area contributed by atoms with Crippen LogP contribution in [0.25, 0.3) is 0 Å². The minimum Gasteiger partial charge on any atom is -0.480 e. The highest BCUT2D eigenvalue weighted by atomic mass is 16.4. The molecule has 0 bridgehead atoms. The van der Waals surface area contributed by atoms with Crippen LogP contribution in [0.1, 0.15) is 33.1 Å². The van der Waals surface area contributed by atoms with Crippen molar-refractivity contribution in [2.45, 2.75) is 39.2 Å². The summed E-state index contributed by atoms with van der Waals surface area (Å²) in [7, 11) is 0. The van der Waals surface area contributed by atoms with Crippen LogP contribution in [0.2, 0.25) is 0 Å². The van der Waals surface area contributed by atoms with Crippen LogP contribution in [0.5, 0.6) is 0 Å². The highest BCUT2D eigenvalue weighted by Crippen LogP contribution is 2.05. The molecular formula is C9H17NO3. The van der Waals surface area contributed by atoms with E-state index in [-0.39, 0.29) is 11.7 Å². The Bertz CT molecular complexity index is 189. The van der Waals surface area contributed by atoms with Gasteiger partial charge in [0.25, 0.3) is 0 Å². The van der Waals surface area contributed by atoms with Crippen LogP contribution in [0.15, 0.2) is 0 Å². The second kappa shape index (κ2) is 5.70. The Hall–Kier alpha value is -0.900. The number of hydrogen-bond acceptors (Lipinski definition) is 3. The van der Waals surface area contributed by atoms with Crippen molar-refractivity contribution in [3.8, 4) is 0 Å². The number of carbonyl (C=O) groups excluding carboxylic acids is 1. The largest absolute Gasteiger partial charge is 0.480 e.